The normalized spacial score (nSPS) is 21.3. The standard InChI is InChI=1S/C13H22N4O2S/c1-10(2)14-6-11-7-16-13(8-15-11)17(3)12-4-5-20(18,19)9-12/h7-8,10,12,14H,4-6,9H2,1-3H3. The molecule has 0 bridgehead atoms. The number of sulfone groups is 1. The van der Waals surface area contributed by atoms with Gasteiger partial charge in [0.15, 0.2) is 9.84 Å². The minimum absolute atomic E-state index is 0.00828. The lowest BCUT2D eigenvalue weighted by atomic mass is 10.2. The predicted molar refractivity (Wildman–Crippen MR) is 79.5 cm³/mol. The molecule has 2 rings (SSSR count). The van der Waals surface area contributed by atoms with Crippen molar-refractivity contribution in [2.75, 3.05) is 23.5 Å². The van der Waals surface area contributed by atoms with Crippen LogP contribution in [0.1, 0.15) is 26.0 Å². The van der Waals surface area contributed by atoms with Gasteiger partial charge in [-0.05, 0) is 6.42 Å². The van der Waals surface area contributed by atoms with Crippen molar-refractivity contribution in [3.63, 3.8) is 0 Å². The lowest BCUT2D eigenvalue weighted by molar-refractivity contribution is 0.579. The zero-order valence-electron chi connectivity index (χ0n) is 12.2. The van der Waals surface area contributed by atoms with Gasteiger partial charge in [0.25, 0.3) is 0 Å². The van der Waals surface area contributed by atoms with E-state index in [9.17, 15) is 8.42 Å². The van der Waals surface area contributed by atoms with Gasteiger partial charge >= 0.3 is 0 Å². The summed E-state index contributed by atoms with van der Waals surface area (Å²) in [6, 6.07) is 0.414. The fourth-order valence-electron chi connectivity index (χ4n) is 2.20. The molecule has 112 valence electrons. The van der Waals surface area contributed by atoms with Crippen molar-refractivity contribution in [3.8, 4) is 0 Å². The average Bonchev–Trinajstić information content (AvgIpc) is 2.76. The van der Waals surface area contributed by atoms with E-state index in [1.54, 1.807) is 12.4 Å². The first-order chi connectivity index (χ1) is 9.37. The first-order valence-electron chi connectivity index (χ1n) is 6.85. The molecule has 1 unspecified atom stereocenters. The van der Waals surface area contributed by atoms with E-state index in [0.29, 0.717) is 19.0 Å². The van der Waals surface area contributed by atoms with E-state index < -0.39 is 9.84 Å². The molecule has 7 heteroatoms. The highest BCUT2D eigenvalue weighted by molar-refractivity contribution is 7.91. The van der Waals surface area contributed by atoms with Crippen LogP contribution in [-0.4, -0.2) is 49.0 Å². The van der Waals surface area contributed by atoms with Crippen LogP contribution in [0.25, 0.3) is 0 Å². The Bertz CT molecular complexity index is 542. The smallest absolute Gasteiger partial charge is 0.152 e. The van der Waals surface area contributed by atoms with Crippen molar-refractivity contribution < 1.29 is 8.42 Å². The second-order valence-corrected chi connectivity index (χ2v) is 7.80. The quantitative estimate of drug-likeness (QED) is 0.858. The average molecular weight is 298 g/mol. The monoisotopic (exact) mass is 298 g/mol. The van der Waals surface area contributed by atoms with Crippen LogP contribution in [0.5, 0.6) is 0 Å². The van der Waals surface area contributed by atoms with Gasteiger partial charge in [0.2, 0.25) is 0 Å². The molecule has 1 N–H and O–H groups in total. The van der Waals surface area contributed by atoms with Gasteiger partial charge in [0.05, 0.1) is 29.6 Å². The maximum atomic E-state index is 11.5. The van der Waals surface area contributed by atoms with Gasteiger partial charge in [0.1, 0.15) is 5.82 Å². The van der Waals surface area contributed by atoms with Crippen LogP contribution in [-0.2, 0) is 16.4 Å². The van der Waals surface area contributed by atoms with Crippen LogP contribution in [0, 0.1) is 0 Å². The Balaban J connectivity index is 1.99. The van der Waals surface area contributed by atoms with Crippen molar-refractivity contribution in [3.05, 3.63) is 18.1 Å². The highest BCUT2D eigenvalue weighted by Gasteiger charge is 2.31. The number of aromatic nitrogens is 2. The number of anilines is 1. The second-order valence-electron chi connectivity index (χ2n) is 5.57. The third-order valence-electron chi connectivity index (χ3n) is 3.50. The summed E-state index contributed by atoms with van der Waals surface area (Å²) in [6.45, 7) is 4.85. The number of nitrogens with zero attached hydrogens (tertiary/aromatic N) is 3. The summed E-state index contributed by atoms with van der Waals surface area (Å²) in [5.41, 5.74) is 0.884. The molecule has 1 aliphatic heterocycles. The van der Waals surface area contributed by atoms with Crippen LogP contribution in [0.15, 0.2) is 12.4 Å². The molecule has 0 radical (unpaired) electrons. The summed E-state index contributed by atoms with van der Waals surface area (Å²) in [7, 11) is -0.998. The molecule has 1 atom stereocenters. The number of nitrogens with one attached hydrogen (secondary N) is 1. The molecule has 1 aliphatic rings. The van der Waals surface area contributed by atoms with E-state index in [4.69, 9.17) is 0 Å². The molecule has 0 spiro atoms. The van der Waals surface area contributed by atoms with E-state index in [1.807, 2.05) is 11.9 Å². The maximum absolute atomic E-state index is 11.5. The third-order valence-corrected chi connectivity index (χ3v) is 5.25. The number of hydrogen-bond donors (Lipinski definition) is 1. The molecule has 0 aliphatic carbocycles. The minimum Gasteiger partial charge on any atom is -0.354 e. The topological polar surface area (TPSA) is 75.2 Å². The molecule has 1 aromatic heterocycles. The molecule has 2 heterocycles. The summed E-state index contributed by atoms with van der Waals surface area (Å²) >= 11 is 0. The maximum Gasteiger partial charge on any atom is 0.152 e. The summed E-state index contributed by atoms with van der Waals surface area (Å²) in [5.74, 6) is 1.20. The molecule has 0 saturated carbocycles. The fraction of sp³-hybridized carbons (Fsp3) is 0.692. The van der Waals surface area contributed by atoms with E-state index in [2.05, 4.69) is 29.1 Å². The number of hydrogen-bond acceptors (Lipinski definition) is 6. The zero-order chi connectivity index (χ0) is 14.8. The molecular formula is C13H22N4O2S. The van der Waals surface area contributed by atoms with Crippen LogP contribution < -0.4 is 10.2 Å². The third kappa shape index (κ3) is 3.89. The second kappa shape index (κ2) is 6.05. The van der Waals surface area contributed by atoms with Crippen molar-refractivity contribution >= 4 is 15.7 Å². The molecular weight excluding hydrogens is 276 g/mol. The van der Waals surface area contributed by atoms with Crippen LogP contribution in [0.4, 0.5) is 5.82 Å². The fourth-order valence-corrected chi connectivity index (χ4v) is 3.97. The summed E-state index contributed by atoms with van der Waals surface area (Å²) < 4.78 is 23.0. The minimum atomic E-state index is -2.87. The Morgan fingerprint density at radius 1 is 1.40 bits per heavy atom. The van der Waals surface area contributed by atoms with Crippen molar-refractivity contribution in [1.29, 1.82) is 0 Å². The van der Waals surface area contributed by atoms with Gasteiger partial charge in [-0.2, -0.15) is 0 Å². The highest BCUT2D eigenvalue weighted by Crippen LogP contribution is 2.20. The molecule has 6 nitrogen and oxygen atoms in total. The largest absolute Gasteiger partial charge is 0.354 e. The first-order valence-corrected chi connectivity index (χ1v) is 8.67. The molecule has 20 heavy (non-hydrogen) atoms. The Hall–Kier alpha value is -1.21. The van der Waals surface area contributed by atoms with Crippen molar-refractivity contribution in [2.45, 2.75) is 38.9 Å². The number of rotatable bonds is 5. The zero-order valence-corrected chi connectivity index (χ0v) is 13.0. The molecule has 0 amide bonds. The van der Waals surface area contributed by atoms with Gasteiger partial charge in [-0.15, -0.1) is 0 Å². The molecule has 1 saturated heterocycles. The van der Waals surface area contributed by atoms with E-state index in [0.717, 1.165) is 11.5 Å². The first kappa shape index (κ1) is 15.2. The van der Waals surface area contributed by atoms with Gasteiger partial charge < -0.3 is 10.2 Å². The van der Waals surface area contributed by atoms with Gasteiger partial charge in [-0.1, -0.05) is 13.8 Å². The van der Waals surface area contributed by atoms with Gasteiger partial charge in [-0.25, -0.2) is 13.4 Å². The molecule has 0 aromatic carbocycles. The molecule has 1 fully saturated rings. The van der Waals surface area contributed by atoms with Crippen LogP contribution in [0.2, 0.25) is 0 Å². The Labute approximate surface area is 120 Å². The highest BCUT2D eigenvalue weighted by atomic mass is 32.2. The van der Waals surface area contributed by atoms with Gasteiger partial charge in [0, 0.05) is 25.7 Å². The van der Waals surface area contributed by atoms with Gasteiger partial charge in [-0.3, -0.25) is 4.98 Å². The Kier molecular flexibility index (Phi) is 4.59. The SMILES string of the molecule is CC(C)NCc1cnc(N(C)C2CCS(=O)(=O)C2)cn1. The lowest BCUT2D eigenvalue weighted by Gasteiger charge is -2.24. The van der Waals surface area contributed by atoms with E-state index in [1.165, 1.54) is 0 Å². The van der Waals surface area contributed by atoms with Crippen LogP contribution in [0.3, 0.4) is 0 Å². The Morgan fingerprint density at radius 3 is 2.65 bits per heavy atom. The van der Waals surface area contributed by atoms with E-state index >= 15 is 0 Å². The Morgan fingerprint density at radius 2 is 2.15 bits per heavy atom. The van der Waals surface area contributed by atoms with E-state index in [-0.39, 0.29) is 17.5 Å². The predicted octanol–water partition coefficient (Wildman–Crippen LogP) is 0.598. The summed E-state index contributed by atoms with van der Waals surface area (Å²) in [4.78, 5) is 10.7. The summed E-state index contributed by atoms with van der Waals surface area (Å²) in [5, 5.41) is 3.28. The van der Waals surface area contributed by atoms with Crippen LogP contribution >= 0.6 is 0 Å². The van der Waals surface area contributed by atoms with Crippen molar-refractivity contribution in [1.82, 2.24) is 15.3 Å². The summed E-state index contributed by atoms with van der Waals surface area (Å²) in [6.07, 6.45) is 4.12. The lowest BCUT2D eigenvalue weighted by Crippen LogP contribution is -2.33. The molecule has 1 aromatic rings. The van der Waals surface area contributed by atoms with Crippen molar-refractivity contribution in [2.24, 2.45) is 0 Å².